The lowest BCUT2D eigenvalue weighted by Gasteiger charge is -2.23. The summed E-state index contributed by atoms with van der Waals surface area (Å²) in [5, 5.41) is 4.41. The molecule has 0 spiro atoms. The summed E-state index contributed by atoms with van der Waals surface area (Å²) in [5.74, 6) is 0.355. The molecule has 0 aliphatic carbocycles. The van der Waals surface area contributed by atoms with Gasteiger partial charge in [0.2, 0.25) is 0 Å². The van der Waals surface area contributed by atoms with E-state index < -0.39 is 0 Å². The molecule has 1 aromatic heterocycles. The molecule has 2 fully saturated rings. The van der Waals surface area contributed by atoms with Gasteiger partial charge in [-0.2, -0.15) is 0 Å². The Labute approximate surface area is 146 Å². The monoisotopic (exact) mass is 342 g/mol. The number of carbonyl (C=O) groups is 1. The average molecular weight is 342 g/mol. The maximum atomic E-state index is 12.4. The maximum absolute atomic E-state index is 12.4. The summed E-state index contributed by atoms with van der Waals surface area (Å²) in [7, 11) is 1.63. The fourth-order valence-corrected chi connectivity index (χ4v) is 3.79. The number of anilines is 1. The zero-order valence-corrected chi connectivity index (χ0v) is 14.5. The van der Waals surface area contributed by atoms with Crippen molar-refractivity contribution in [3.63, 3.8) is 0 Å². The van der Waals surface area contributed by atoms with Crippen molar-refractivity contribution in [2.24, 2.45) is 0 Å². The van der Waals surface area contributed by atoms with Crippen LogP contribution in [-0.2, 0) is 9.47 Å². The molecular weight excluding hydrogens is 320 g/mol. The molecule has 3 heterocycles. The molecule has 132 valence electrons. The zero-order valence-electron chi connectivity index (χ0n) is 14.5. The number of nitrogens with one attached hydrogen (secondary N) is 1. The van der Waals surface area contributed by atoms with Gasteiger partial charge in [-0.25, -0.2) is 4.79 Å². The standard InChI is InChI=1S/C19H22N2O4/c1-3-24-19(22)14-10-20-15-6-4-11(23-2)8-13(15)18(14)21-16-9-12-5-7-17(16)25-12/h4,6,8,10,12,16-17H,3,5,7,9H2,1-2H3,(H,20,21). The highest BCUT2D eigenvalue weighted by molar-refractivity contribution is 6.05. The van der Waals surface area contributed by atoms with Crippen LogP contribution >= 0.6 is 0 Å². The lowest BCUT2D eigenvalue weighted by molar-refractivity contribution is 0.0527. The Hall–Kier alpha value is -2.34. The molecule has 1 N–H and O–H groups in total. The van der Waals surface area contributed by atoms with E-state index in [9.17, 15) is 4.79 Å². The molecule has 2 bridgehead atoms. The molecule has 2 aliphatic rings. The lowest BCUT2D eigenvalue weighted by atomic mass is 9.94. The van der Waals surface area contributed by atoms with Crippen molar-refractivity contribution in [1.29, 1.82) is 0 Å². The molecule has 2 aliphatic heterocycles. The Bertz CT molecular complexity index is 807. The van der Waals surface area contributed by atoms with Crippen LogP contribution in [0.3, 0.4) is 0 Å². The SMILES string of the molecule is CCOC(=O)c1cnc2ccc(OC)cc2c1NC1CC2CCC1O2. The molecule has 2 aromatic rings. The Morgan fingerprint density at radius 3 is 2.96 bits per heavy atom. The number of hydrogen-bond acceptors (Lipinski definition) is 6. The van der Waals surface area contributed by atoms with Gasteiger partial charge in [0.25, 0.3) is 0 Å². The average Bonchev–Trinajstić information content (AvgIpc) is 3.24. The van der Waals surface area contributed by atoms with Crippen LogP contribution in [0.5, 0.6) is 5.75 Å². The summed E-state index contributed by atoms with van der Waals surface area (Å²) in [5.41, 5.74) is 2.01. The second kappa shape index (κ2) is 6.52. The first-order chi connectivity index (χ1) is 12.2. The van der Waals surface area contributed by atoms with Crippen molar-refractivity contribution in [3.8, 4) is 5.75 Å². The first-order valence-corrected chi connectivity index (χ1v) is 8.75. The van der Waals surface area contributed by atoms with E-state index in [2.05, 4.69) is 10.3 Å². The molecule has 25 heavy (non-hydrogen) atoms. The predicted molar refractivity (Wildman–Crippen MR) is 94.2 cm³/mol. The van der Waals surface area contributed by atoms with Crippen LogP contribution < -0.4 is 10.1 Å². The molecule has 0 amide bonds. The number of fused-ring (bicyclic) bond motifs is 3. The molecule has 3 atom stereocenters. The molecule has 3 unspecified atom stereocenters. The number of methoxy groups -OCH3 is 1. The van der Waals surface area contributed by atoms with Gasteiger partial charge >= 0.3 is 5.97 Å². The summed E-state index contributed by atoms with van der Waals surface area (Å²) in [6.45, 7) is 2.12. The van der Waals surface area contributed by atoms with Crippen LogP contribution in [0, 0.1) is 0 Å². The minimum absolute atomic E-state index is 0.198. The Kier molecular flexibility index (Phi) is 4.21. The topological polar surface area (TPSA) is 69.7 Å². The van der Waals surface area contributed by atoms with Crippen LogP contribution in [0.1, 0.15) is 36.5 Å². The van der Waals surface area contributed by atoms with Gasteiger partial charge in [0.15, 0.2) is 0 Å². The number of hydrogen-bond donors (Lipinski definition) is 1. The van der Waals surface area contributed by atoms with E-state index in [0.717, 1.165) is 41.6 Å². The van der Waals surface area contributed by atoms with Crippen molar-refractivity contribution in [1.82, 2.24) is 4.98 Å². The highest BCUT2D eigenvalue weighted by atomic mass is 16.5. The van der Waals surface area contributed by atoms with Crippen LogP contribution in [0.15, 0.2) is 24.4 Å². The summed E-state index contributed by atoms with van der Waals surface area (Å²) in [6, 6.07) is 5.86. The van der Waals surface area contributed by atoms with Gasteiger partial charge in [-0.05, 0) is 44.4 Å². The van der Waals surface area contributed by atoms with E-state index in [1.165, 1.54) is 0 Å². The van der Waals surface area contributed by atoms with Crippen LogP contribution in [0.4, 0.5) is 5.69 Å². The van der Waals surface area contributed by atoms with Crippen LogP contribution in [-0.4, -0.2) is 42.9 Å². The zero-order chi connectivity index (χ0) is 17.4. The highest BCUT2D eigenvalue weighted by Crippen LogP contribution is 2.38. The molecule has 0 radical (unpaired) electrons. The number of aromatic nitrogens is 1. The van der Waals surface area contributed by atoms with Gasteiger partial charge in [0.1, 0.15) is 11.3 Å². The maximum Gasteiger partial charge on any atom is 0.341 e. The van der Waals surface area contributed by atoms with Crippen molar-refractivity contribution < 1.29 is 19.0 Å². The third kappa shape index (κ3) is 2.91. The number of ether oxygens (including phenoxy) is 3. The number of carbonyl (C=O) groups excluding carboxylic acids is 1. The molecule has 6 nitrogen and oxygen atoms in total. The molecule has 6 heteroatoms. The summed E-state index contributed by atoms with van der Waals surface area (Å²) < 4.78 is 16.5. The van der Waals surface area contributed by atoms with Crippen LogP contribution in [0.25, 0.3) is 10.9 Å². The largest absolute Gasteiger partial charge is 0.497 e. The Morgan fingerprint density at radius 1 is 1.40 bits per heavy atom. The first kappa shape index (κ1) is 16.1. The second-order valence-corrected chi connectivity index (χ2v) is 6.51. The van der Waals surface area contributed by atoms with E-state index >= 15 is 0 Å². The Balaban J connectivity index is 1.78. The number of nitrogens with zero attached hydrogens (tertiary/aromatic N) is 1. The molecule has 4 rings (SSSR count). The van der Waals surface area contributed by atoms with E-state index in [-0.39, 0.29) is 18.1 Å². The number of rotatable bonds is 5. The van der Waals surface area contributed by atoms with Crippen molar-refractivity contribution in [3.05, 3.63) is 30.0 Å². The normalized spacial score (nSPS) is 24.5. The Morgan fingerprint density at radius 2 is 2.28 bits per heavy atom. The van der Waals surface area contributed by atoms with Gasteiger partial charge in [-0.15, -0.1) is 0 Å². The number of pyridine rings is 1. The van der Waals surface area contributed by atoms with E-state index in [1.807, 2.05) is 18.2 Å². The molecular formula is C19H22N2O4. The minimum Gasteiger partial charge on any atom is -0.497 e. The summed E-state index contributed by atoms with van der Waals surface area (Å²) in [6.07, 6.45) is 5.26. The third-order valence-corrected chi connectivity index (χ3v) is 5.01. The fraction of sp³-hybridized carbons (Fsp3) is 0.474. The second-order valence-electron chi connectivity index (χ2n) is 6.51. The van der Waals surface area contributed by atoms with Crippen molar-refractivity contribution in [2.45, 2.75) is 44.4 Å². The number of esters is 1. The van der Waals surface area contributed by atoms with Gasteiger partial charge in [-0.3, -0.25) is 4.98 Å². The predicted octanol–water partition coefficient (Wildman–Crippen LogP) is 3.15. The minimum atomic E-state index is -0.369. The van der Waals surface area contributed by atoms with E-state index in [0.29, 0.717) is 18.3 Å². The van der Waals surface area contributed by atoms with Gasteiger partial charge in [0.05, 0.1) is 43.2 Å². The lowest BCUT2D eigenvalue weighted by Crippen LogP contribution is -2.31. The van der Waals surface area contributed by atoms with E-state index in [4.69, 9.17) is 14.2 Å². The molecule has 1 aromatic carbocycles. The van der Waals surface area contributed by atoms with Gasteiger partial charge in [-0.1, -0.05) is 0 Å². The highest BCUT2D eigenvalue weighted by Gasteiger charge is 2.41. The molecule has 0 saturated carbocycles. The first-order valence-electron chi connectivity index (χ1n) is 8.75. The molecule has 2 saturated heterocycles. The quantitative estimate of drug-likeness (QED) is 0.842. The van der Waals surface area contributed by atoms with E-state index in [1.54, 1.807) is 20.2 Å². The number of benzene rings is 1. The summed E-state index contributed by atoms with van der Waals surface area (Å²) >= 11 is 0. The summed E-state index contributed by atoms with van der Waals surface area (Å²) in [4.78, 5) is 16.8. The smallest absolute Gasteiger partial charge is 0.341 e. The van der Waals surface area contributed by atoms with Crippen molar-refractivity contribution in [2.75, 3.05) is 19.0 Å². The van der Waals surface area contributed by atoms with Gasteiger partial charge in [0, 0.05) is 11.6 Å². The van der Waals surface area contributed by atoms with Gasteiger partial charge < -0.3 is 19.5 Å². The van der Waals surface area contributed by atoms with Crippen LogP contribution in [0.2, 0.25) is 0 Å². The van der Waals surface area contributed by atoms with Crippen molar-refractivity contribution >= 4 is 22.6 Å². The third-order valence-electron chi connectivity index (χ3n) is 5.01. The fourth-order valence-electron chi connectivity index (χ4n) is 3.79.